The second-order valence-corrected chi connectivity index (χ2v) is 15.5. The van der Waals surface area contributed by atoms with Crippen molar-refractivity contribution in [3.63, 3.8) is 0 Å². The van der Waals surface area contributed by atoms with E-state index in [0.29, 0.717) is 21.6 Å². The third kappa shape index (κ3) is 5.95. The van der Waals surface area contributed by atoms with Crippen LogP contribution in [0.2, 0.25) is 0 Å². The second-order valence-electron chi connectivity index (χ2n) is 11.1. The maximum absolute atomic E-state index is 13.1. The first-order valence-corrected chi connectivity index (χ1v) is 17.2. The summed E-state index contributed by atoms with van der Waals surface area (Å²) < 4.78 is 26.2. The summed E-state index contributed by atoms with van der Waals surface area (Å²) >= 11 is 3.63. The molecule has 2 aromatic rings. The van der Waals surface area contributed by atoms with Crippen LogP contribution in [-0.4, -0.2) is 8.42 Å². The van der Waals surface area contributed by atoms with E-state index in [-0.39, 0.29) is 20.3 Å². The standard InChI is InChI=1S/C31H44O2S3.2CH4/c1-7-11-13-23(9-3)19-31(20-24(10-4)14-12-8-2)25-17-21(5)34-29(25)30-26(31)18-27(35-30)28-16-15-22(6)36(28,32)33;;/h15-18,23-24H,7-14,19-20H2,1-6H3;2*1H4. The van der Waals surface area contributed by atoms with Gasteiger partial charge in [-0.2, -0.15) is 0 Å². The number of unbranched alkanes of at least 4 members (excludes halogenated alkanes) is 2. The van der Waals surface area contributed by atoms with Gasteiger partial charge in [-0.05, 0) is 73.9 Å². The molecule has 4 rings (SSSR count). The lowest BCUT2D eigenvalue weighted by molar-refractivity contribution is 0.266. The molecule has 0 N–H and O–H groups in total. The summed E-state index contributed by atoms with van der Waals surface area (Å²) in [6.45, 7) is 13.3. The normalized spacial score (nSPS) is 20.6. The van der Waals surface area contributed by atoms with Crippen molar-refractivity contribution in [3.8, 4) is 9.75 Å². The summed E-state index contributed by atoms with van der Waals surface area (Å²) in [5, 5.41) is 0. The Labute approximate surface area is 242 Å². The fraction of sp³-hybridized carbons (Fsp3) is 0.636. The molecule has 0 spiro atoms. The minimum Gasteiger partial charge on any atom is -0.219 e. The first-order chi connectivity index (χ1) is 17.2. The van der Waals surface area contributed by atoms with Gasteiger partial charge in [0.25, 0.3) is 0 Å². The van der Waals surface area contributed by atoms with Crippen LogP contribution < -0.4 is 0 Å². The summed E-state index contributed by atoms with van der Waals surface area (Å²) in [6.07, 6.45) is 16.0. The highest BCUT2D eigenvalue weighted by Crippen LogP contribution is 2.61. The van der Waals surface area contributed by atoms with Crippen LogP contribution in [-0.2, 0) is 15.3 Å². The molecule has 0 bridgehead atoms. The van der Waals surface area contributed by atoms with Gasteiger partial charge in [-0.3, -0.25) is 0 Å². The number of aryl methyl sites for hydroxylation is 1. The van der Waals surface area contributed by atoms with Gasteiger partial charge in [-0.1, -0.05) is 93.9 Å². The van der Waals surface area contributed by atoms with E-state index in [9.17, 15) is 8.42 Å². The fourth-order valence-electron chi connectivity index (χ4n) is 6.38. The molecule has 38 heavy (non-hydrogen) atoms. The number of hydrogen-bond acceptors (Lipinski definition) is 4. The number of rotatable bonds is 13. The maximum atomic E-state index is 13.1. The Morgan fingerprint density at radius 1 is 0.789 bits per heavy atom. The predicted molar refractivity (Wildman–Crippen MR) is 173 cm³/mol. The van der Waals surface area contributed by atoms with Gasteiger partial charge in [-0.15, -0.1) is 22.7 Å². The first-order valence-electron chi connectivity index (χ1n) is 14.1. The molecule has 1 aliphatic heterocycles. The molecular weight excluding hydrogens is 525 g/mol. The van der Waals surface area contributed by atoms with Gasteiger partial charge in [0.15, 0.2) is 0 Å². The molecule has 2 aliphatic rings. The smallest absolute Gasteiger partial charge is 0.203 e. The molecule has 5 heteroatoms. The molecule has 2 atom stereocenters. The number of fused-ring (bicyclic) bond motifs is 3. The Bertz CT molecular complexity index is 1220. The van der Waals surface area contributed by atoms with E-state index in [1.807, 2.05) is 17.4 Å². The molecule has 214 valence electrons. The van der Waals surface area contributed by atoms with Crippen LogP contribution >= 0.6 is 22.7 Å². The van der Waals surface area contributed by atoms with Crippen molar-refractivity contribution in [2.45, 2.75) is 126 Å². The van der Waals surface area contributed by atoms with Gasteiger partial charge in [-0.25, -0.2) is 8.42 Å². The number of hydrogen-bond donors (Lipinski definition) is 0. The average molecular weight is 577 g/mol. The highest BCUT2D eigenvalue weighted by atomic mass is 32.2. The SMILES string of the molecule is C.C.CCCCC(CC)CC1(CC(CC)CCCC)c2cc(C)sc2-c2sc(C3=CC=C(C)S3(=O)=O)cc21. The molecule has 3 heterocycles. The zero-order valence-electron chi connectivity index (χ0n) is 23.1. The lowest BCUT2D eigenvalue weighted by Crippen LogP contribution is -2.31. The van der Waals surface area contributed by atoms with Crippen molar-refractivity contribution in [1.29, 1.82) is 0 Å². The van der Waals surface area contributed by atoms with Crippen LogP contribution in [0.5, 0.6) is 0 Å². The van der Waals surface area contributed by atoms with E-state index in [4.69, 9.17) is 0 Å². The van der Waals surface area contributed by atoms with Gasteiger partial charge in [0, 0.05) is 29.8 Å². The quantitative estimate of drug-likeness (QED) is 0.238. The van der Waals surface area contributed by atoms with E-state index in [2.05, 4.69) is 46.8 Å². The van der Waals surface area contributed by atoms with E-state index in [1.165, 1.54) is 84.4 Å². The number of thiophene rings is 2. The van der Waals surface area contributed by atoms with E-state index in [1.54, 1.807) is 29.9 Å². The van der Waals surface area contributed by atoms with Crippen molar-refractivity contribution in [2.24, 2.45) is 11.8 Å². The van der Waals surface area contributed by atoms with Gasteiger partial charge < -0.3 is 0 Å². The van der Waals surface area contributed by atoms with Crippen LogP contribution in [0.1, 0.15) is 135 Å². The van der Waals surface area contributed by atoms with Crippen LogP contribution in [0.15, 0.2) is 29.2 Å². The van der Waals surface area contributed by atoms with Crippen molar-refractivity contribution >= 4 is 37.4 Å². The largest absolute Gasteiger partial charge is 0.219 e. The van der Waals surface area contributed by atoms with E-state index < -0.39 is 9.84 Å². The van der Waals surface area contributed by atoms with Crippen molar-refractivity contribution < 1.29 is 8.42 Å². The minimum absolute atomic E-state index is 0. The summed E-state index contributed by atoms with van der Waals surface area (Å²) in [4.78, 5) is 6.01. The fourth-order valence-corrected chi connectivity index (χ4v) is 10.4. The second kappa shape index (κ2) is 13.5. The van der Waals surface area contributed by atoms with Gasteiger partial charge in [0.1, 0.15) is 0 Å². The minimum atomic E-state index is -3.36. The van der Waals surface area contributed by atoms with E-state index in [0.717, 1.165) is 4.88 Å². The summed E-state index contributed by atoms with van der Waals surface area (Å²) in [5.74, 6) is 1.38. The summed E-state index contributed by atoms with van der Waals surface area (Å²) in [7, 11) is -3.36. The number of allylic oxidation sites excluding steroid dienone is 3. The molecule has 2 unspecified atom stereocenters. The number of sulfone groups is 1. The average Bonchev–Trinajstić information content (AvgIpc) is 3.57. The monoisotopic (exact) mass is 576 g/mol. The Morgan fingerprint density at radius 2 is 1.32 bits per heavy atom. The van der Waals surface area contributed by atoms with Crippen LogP contribution in [0.4, 0.5) is 0 Å². The van der Waals surface area contributed by atoms with Gasteiger partial charge in [0.05, 0.1) is 4.91 Å². The highest BCUT2D eigenvalue weighted by Gasteiger charge is 2.48. The lowest BCUT2D eigenvalue weighted by Gasteiger charge is -2.37. The maximum Gasteiger partial charge on any atom is 0.203 e. The molecule has 0 saturated carbocycles. The molecule has 0 amide bonds. The summed E-state index contributed by atoms with van der Waals surface area (Å²) in [6, 6.07) is 4.76. The van der Waals surface area contributed by atoms with Crippen molar-refractivity contribution in [2.75, 3.05) is 0 Å². The zero-order valence-corrected chi connectivity index (χ0v) is 25.5. The lowest BCUT2D eigenvalue weighted by atomic mass is 9.65. The molecule has 2 nitrogen and oxygen atoms in total. The van der Waals surface area contributed by atoms with Crippen LogP contribution in [0.25, 0.3) is 14.7 Å². The summed E-state index contributed by atoms with van der Waals surface area (Å²) in [5.41, 5.74) is 2.97. The van der Waals surface area contributed by atoms with Crippen LogP contribution in [0.3, 0.4) is 0 Å². The molecule has 2 aromatic heterocycles. The Kier molecular flexibility index (Phi) is 11.7. The van der Waals surface area contributed by atoms with Crippen molar-refractivity contribution in [1.82, 2.24) is 0 Å². The zero-order chi connectivity index (χ0) is 26.1. The molecule has 0 radical (unpaired) electrons. The third-order valence-electron chi connectivity index (χ3n) is 8.61. The topological polar surface area (TPSA) is 34.1 Å². The van der Waals surface area contributed by atoms with Crippen molar-refractivity contribution in [3.05, 3.63) is 50.1 Å². The van der Waals surface area contributed by atoms with Gasteiger partial charge >= 0.3 is 0 Å². The van der Waals surface area contributed by atoms with Crippen LogP contribution in [0, 0.1) is 18.8 Å². The highest BCUT2D eigenvalue weighted by molar-refractivity contribution is 8.04. The molecular formula is C33H52O2S3. The van der Waals surface area contributed by atoms with Gasteiger partial charge in [0.2, 0.25) is 9.84 Å². The molecule has 0 saturated heterocycles. The first kappa shape index (κ1) is 33.0. The molecule has 0 aromatic carbocycles. The van der Waals surface area contributed by atoms with E-state index >= 15 is 0 Å². The Balaban J connectivity index is 0.00000253. The third-order valence-corrected chi connectivity index (χ3v) is 13.0. The Morgan fingerprint density at radius 3 is 1.79 bits per heavy atom. The molecule has 0 fully saturated rings. The predicted octanol–water partition coefficient (Wildman–Crippen LogP) is 11.5. The molecule has 1 aliphatic carbocycles. The Hall–Kier alpha value is -1.17.